The largest absolute Gasteiger partial charge is 0.438 e. The van der Waals surface area contributed by atoms with Crippen molar-refractivity contribution in [1.29, 1.82) is 0 Å². The molecule has 0 saturated heterocycles. The fourth-order valence-electron chi connectivity index (χ4n) is 4.91. The number of Topliss-reactive ketones (excluding diaryl/α,β-unsaturated/α-hetero) is 1. The van der Waals surface area contributed by atoms with Gasteiger partial charge in [-0.2, -0.15) is 13.2 Å². The number of carbonyl (C=O) groups is 2. The molecule has 0 amide bonds. The first kappa shape index (κ1) is 18.7. The molecule has 4 saturated carbocycles. The van der Waals surface area contributed by atoms with E-state index in [-0.39, 0.29) is 23.5 Å². The topological polar surface area (TPSA) is 52.6 Å². The zero-order chi connectivity index (χ0) is 18.6. The molecular formula is C18H25F3O4. The van der Waals surface area contributed by atoms with Gasteiger partial charge < -0.3 is 9.47 Å². The van der Waals surface area contributed by atoms with Crippen LogP contribution in [0, 0.1) is 29.1 Å². The van der Waals surface area contributed by atoms with Gasteiger partial charge in [0.25, 0.3) is 0 Å². The summed E-state index contributed by atoms with van der Waals surface area (Å²) >= 11 is 0. The van der Waals surface area contributed by atoms with Crippen molar-refractivity contribution in [3.63, 3.8) is 0 Å². The van der Waals surface area contributed by atoms with E-state index in [1.54, 1.807) is 0 Å². The quantitative estimate of drug-likeness (QED) is 0.550. The number of hydrogen-bond acceptors (Lipinski definition) is 4. The van der Waals surface area contributed by atoms with Gasteiger partial charge in [-0.25, -0.2) is 0 Å². The average molecular weight is 362 g/mol. The molecular weight excluding hydrogens is 337 g/mol. The maximum absolute atomic E-state index is 13.1. The Balaban J connectivity index is 1.64. The maximum Gasteiger partial charge on any atom is 0.404 e. The van der Waals surface area contributed by atoms with E-state index in [1.165, 1.54) is 6.92 Å². The smallest absolute Gasteiger partial charge is 0.404 e. The molecule has 4 fully saturated rings. The Morgan fingerprint density at radius 1 is 1.24 bits per heavy atom. The molecule has 0 aromatic carbocycles. The highest BCUT2D eigenvalue weighted by molar-refractivity contribution is 5.86. The maximum atomic E-state index is 13.1. The number of ether oxygens (including phenoxy) is 2. The number of hydrogen-bond donors (Lipinski definition) is 0. The fraction of sp³-hybridized carbons (Fsp3) is 0.889. The number of halogens is 3. The van der Waals surface area contributed by atoms with Gasteiger partial charge in [-0.15, -0.1) is 0 Å². The molecule has 25 heavy (non-hydrogen) atoms. The highest BCUT2D eigenvalue weighted by Gasteiger charge is 2.60. The summed E-state index contributed by atoms with van der Waals surface area (Å²) in [5.41, 5.74) is -3.29. The van der Waals surface area contributed by atoms with E-state index in [9.17, 15) is 22.8 Å². The highest BCUT2D eigenvalue weighted by Crippen LogP contribution is 2.57. The van der Waals surface area contributed by atoms with Crippen molar-refractivity contribution in [1.82, 2.24) is 0 Å². The van der Waals surface area contributed by atoms with Crippen LogP contribution in [0.25, 0.3) is 0 Å². The van der Waals surface area contributed by atoms with Crippen LogP contribution in [0.5, 0.6) is 0 Å². The molecule has 6 unspecified atom stereocenters. The summed E-state index contributed by atoms with van der Waals surface area (Å²) in [5.74, 6) is -0.514. The van der Waals surface area contributed by atoms with Gasteiger partial charge >= 0.3 is 12.1 Å². The van der Waals surface area contributed by atoms with Gasteiger partial charge in [0.15, 0.2) is 12.2 Å². The average Bonchev–Trinajstić information content (AvgIpc) is 2.54. The minimum atomic E-state index is -4.68. The number of esters is 1. The lowest BCUT2D eigenvalue weighted by Crippen LogP contribution is -2.62. The molecule has 0 aromatic heterocycles. The Bertz CT molecular complexity index is 575. The Labute approximate surface area is 145 Å². The van der Waals surface area contributed by atoms with Gasteiger partial charge in [0.2, 0.25) is 0 Å². The van der Waals surface area contributed by atoms with Crippen LogP contribution in [0.1, 0.15) is 52.9 Å². The standard InChI is InChI=1S/C18H25F3O4/c1-4-16(2,18(19,20)21)15(23)24-9-25-17(3)12-6-10-5-11(8-12)14(22)13(17)7-10/h10-13H,4-9H2,1-3H3. The van der Waals surface area contributed by atoms with Crippen LogP contribution in [-0.2, 0) is 19.1 Å². The zero-order valence-electron chi connectivity index (χ0n) is 14.8. The van der Waals surface area contributed by atoms with Crippen LogP contribution in [0.15, 0.2) is 0 Å². The van der Waals surface area contributed by atoms with Gasteiger partial charge in [0.05, 0.1) is 5.60 Å². The van der Waals surface area contributed by atoms with Crippen LogP contribution in [0.4, 0.5) is 13.2 Å². The molecule has 4 rings (SSSR count). The molecule has 4 aliphatic carbocycles. The third-order valence-corrected chi connectivity index (χ3v) is 6.97. The molecule has 0 N–H and O–H groups in total. The molecule has 0 aliphatic heterocycles. The van der Waals surface area contributed by atoms with Crippen LogP contribution in [0.2, 0.25) is 0 Å². The fourth-order valence-corrected chi connectivity index (χ4v) is 4.91. The first-order valence-electron chi connectivity index (χ1n) is 8.94. The second-order valence-electron chi connectivity index (χ2n) is 8.22. The third kappa shape index (κ3) is 2.78. The summed E-state index contributed by atoms with van der Waals surface area (Å²) in [6.45, 7) is 3.43. The molecule has 0 radical (unpaired) electrons. The van der Waals surface area contributed by atoms with Gasteiger partial charge in [-0.05, 0) is 57.8 Å². The monoisotopic (exact) mass is 362 g/mol. The highest BCUT2D eigenvalue weighted by atomic mass is 19.4. The molecule has 0 spiro atoms. The minimum absolute atomic E-state index is 0.107. The summed E-state index contributed by atoms with van der Waals surface area (Å²) < 4.78 is 49.9. The SMILES string of the molecule is CCC(C)(C(=O)OCOC1(C)C2CC3CC(C2)C(=O)C1C3)C(F)(F)F. The van der Waals surface area contributed by atoms with Crippen LogP contribution < -0.4 is 0 Å². The first-order chi connectivity index (χ1) is 11.5. The number of carbonyl (C=O) groups excluding carboxylic acids is 2. The lowest BCUT2D eigenvalue weighted by Gasteiger charge is -2.58. The van der Waals surface area contributed by atoms with E-state index in [4.69, 9.17) is 9.47 Å². The Kier molecular flexibility index (Phi) is 4.45. The van der Waals surface area contributed by atoms with Crippen molar-refractivity contribution >= 4 is 11.8 Å². The lowest BCUT2D eigenvalue weighted by molar-refractivity contribution is -0.250. The molecule has 4 aliphatic rings. The molecule has 4 nitrogen and oxygen atoms in total. The van der Waals surface area contributed by atoms with Crippen LogP contribution >= 0.6 is 0 Å². The van der Waals surface area contributed by atoms with E-state index >= 15 is 0 Å². The molecule has 0 aromatic rings. The molecule has 6 atom stereocenters. The minimum Gasteiger partial charge on any atom is -0.438 e. The van der Waals surface area contributed by atoms with Crippen molar-refractivity contribution in [3.05, 3.63) is 0 Å². The van der Waals surface area contributed by atoms with Crippen molar-refractivity contribution in [2.75, 3.05) is 6.79 Å². The summed E-state index contributed by atoms with van der Waals surface area (Å²) in [6, 6.07) is 0. The number of rotatable bonds is 5. The molecule has 142 valence electrons. The van der Waals surface area contributed by atoms with Crippen LogP contribution in [-0.4, -0.2) is 30.3 Å². The van der Waals surface area contributed by atoms with Gasteiger partial charge in [-0.1, -0.05) is 6.92 Å². The predicted octanol–water partition coefficient (Wildman–Crippen LogP) is 3.88. The van der Waals surface area contributed by atoms with E-state index in [0.717, 1.165) is 32.6 Å². The van der Waals surface area contributed by atoms with E-state index in [2.05, 4.69) is 0 Å². The Morgan fingerprint density at radius 3 is 2.52 bits per heavy atom. The number of alkyl halides is 3. The van der Waals surface area contributed by atoms with Gasteiger partial charge in [0, 0.05) is 11.8 Å². The summed E-state index contributed by atoms with van der Waals surface area (Å²) in [6.07, 6.45) is -1.62. The van der Waals surface area contributed by atoms with Crippen molar-refractivity contribution in [3.8, 4) is 0 Å². The predicted molar refractivity (Wildman–Crippen MR) is 82.3 cm³/mol. The molecule has 4 bridgehead atoms. The Morgan fingerprint density at radius 2 is 1.92 bits per heavy atom. The van der Waals surface area contributed by atoms with Crippen molar-refractivity contribution in [2.45, 2.75) is 64.7 Å². The molecule has 0 heterocycles. The summed E-state index contributed by atoms with van der Waals surface area (Å²) in [5, 5.41) is 0. The van der Waals surface area contributed by atoms with Gasteiger partial charge in [0.1, 0.15) is 5.78 Å². The Hall–Kier alpha value is -1.11. The third-order valence-electron chi connectivity index (χ3n) is 6.97. The van der Waals surface area contributed by atoms with Crippen molar-refractivity contribution in [2.24, 2.45) is 29.1 Å². The van der Waals surface area contributed by atoms with Gasteiger partial charge in [-0.3, -0.25) is 9.59 Å². The summed E-state index contributed by atoms with van der Waals surface area (Å²) in [7, 11) is 0. The lowest BCUT2D eigenvalue weighted by atomic mass is 9.49. The van der Waals surface area contributed by atoms with E-state index in [0.29, 0.717) is 5.92 Å². The van der Waals surface area contributed by atoms with Crippen LogP contribution in [0.3, 0.4) is 0 Å². The zero-order valence-corrected chi connectivity index (χ0v) is 14.8. The van der Waals surface area contributed by atoms with E-state index in [1.807, 2.05) is 6.92 Å². The summed E-state index contributed by atoms with van der Waals surface area (Å²) in [4.78, 5) is 24.5. The normalized spacial score (nSPS) is 39.4. The molecule has 7 heteroatoms. The first-order valence-corrected chi connectivity index (χ1v) is 8.94. The van der Waals surface area contributed by atoms with Crippen molar-refractivity contribution < 1.29 is 32.2 Å². The van der Waals surface area contributed by atoms with E-state index < -0.39 is 36.4 Å². The second kappa shape index (κ2) is 5.96. The number of ketones is 1. The second-order valence-corrected chi connectivity index (χ2v) is 8.22.